The predicted molar refractivity (Wildman–Crippen MR) is 140 cm³/mol. The molecule has 0 saturated heterocycles. The van der Waals surface area contributed by atoms with E-state index in [1.54, 1.807) is 0 Å². The summed E-state index contributed by atoms with van der Waals surface area (Å²) in [5, 5.41) is 0. The van der Waals surface area contributed by atoms with Gasteiger partial charge in [-0.3, -0.25) is 0 Å². The van der Waals surface area contributed by atoms with E-state index in [2.05, 4.69) is 84.9 Å². The summed E-state index contributed by atoms with van der Waals surface area (Å²) in [7, 11) is -6.18. The van der Waals surface area contributed by atoms with Gasteiger partial charge in [0, 0.05) is 0 Å². The van der Waals surface area contributed by atoms with E-state index in [9.17, 15) is 13.2 Å². The van der Waals surface area contributed by atoms with Crippen molar-refractivity contribution in [1.82, 2.24) is 0 Å². The molecule has 0 unspecified atom stereocenters. The zero-order chi connectivity index (χ0) is 27.4. The summed E-state index contributed by atoms with van der Waals surface area (Å²) >= 11 is 0. The molecule has 1 aliphatic carbocycles. The fourth-order valence-electron chi connectivity index (χ4n) is 3.94. The maximum absolute atomic E-state index is 10.7. The quantitative estimate of drug-likeness (QED) is 0.0944. The van der Waals surface area contributed by atoms with Crippen molar-refractivity contribution in [1.29, 1.82) is 0 Å². The van der Waals surface area contributed by atoms with Crippen molar-refractivity contribution < 1.29 is 35.6 Å². The summed E-state index contributed by atoms with van der Waals surface area (Å²) in [5.41, 5.74) is -4.34. The molecule has 1 aliphatic rings. The van der Waals surface area contributed by atoms with Crippen LogP contribution in [0.4, 0.5) is 13.2 Å². The van der Waals surface area contributed by atoms with E-state index in [-0.39, 0.29) is 10.9 Å². The van der Waals surface area contributed by atoms with Crippen molar-refractivity contribution in [3.05, 3.63) is 90.5 Å². The van der Waals surface area contributed by atoms with Crippen molar-refractivity contribution in [3.8, 4) is 0 Å². The number of ether oxygens (including phenoxy) is 2. The van der Waals surface area contributed by atoms with Gasteiger partial charge in [0.25, 0.3) is 0 Å². The number of alkyl halides is 3. The normalized spacial score (nSPS) is 14.7. The Morgan fingerprint density at radius 3 is 1.74 bits per heavy atom. The number of rotatable bonds is 9. The van der Waals surface area contributed by atoms with E-state index in [1.807, 2.05) is 0 Å². The monoisotopic (exact) mass is 568 g/mol. The van der Waals surface area contributed by atoms with E-state index < -0.39 is 15.6 Å². The summed E-state index contributed by atoms with van der Waals surface area (Å²) in [4.78, 5) is 4.04. The van der Waals surface area contributed by atoms with Crippen molar-refractivity contribution in [2.45, 2.75) is 64.8 Å². The SMILES string of the molecule is O=S(=O)([O-])C(F)(F)F.c1ccc([S+](c2ccccc2)c2ccc(CCOCOC3CCCCC3)cc2)cc1. The highest BCUT2D eigenvalue weighted by Crippen LogP contribution is 2.31. The van der Waals surface area contributed by atoms with Crippen molar-refractivity contribution in [3.63, 3.8) is 0 Å². The van der Waals surface area contributed by atoms with E-state index in [0.29, 0.717) is 19.5 Å². The number of hydrogen-bond acceptors (Lipinski definition) is 5. The van der Waals surface area contributed by atoms with Crippen molar-refractivity contribution >= 4 is 21.0 Å². The molecule has 4 rings (SSSR count). The van der Waals surface area contributed by atoms with Crippen LogP contribution in [0.5, 0.6) is 0 Å². The Hall–Kier alpha value is -2.37. The number of benzene rings is 3. The Kier molecular flexibility index (Phi) is 11.7. The van der Waals surface area contributed by atoms with Gasteiger partial charge in [-0.05, 0) is 61.2 Å². The minimum Gasteiger partial charge on any atom is -0.741 e. The van der Waals surface area contributed by atoms with Crippen LogP contribution in [0.3, 0.4) is 0 Å². The van der Waals surface area contributed by atoms with Gasteiger partial charge in [0.2, 0.25) is 0 Å². The second-order valence-corrected chi connectivity index (χ2v) is 12.1. The van der Waals surface area contributed by atoms with Gasteiger partial charge < -0.3 is 14.0 Å². The Morgan fingerprint density at radius 2 is 1.26 bits per heavy atom. The molecular formula is C28H31F3O5S2. The van der Waals surface area contributed by atoms with Gasteiger partial charge in [-0.25, -0.2) is 8.42 Å². The summed E-state index contributed by atoms with van der Waals surface area (Å²) < 4.78 is 70.5. The van der Waals surface area contributed by atoms with Crippen LogP contribution in [0.1, 0.15) is 37.7 Å². The van der Waals surface area contributed by atoms with Gasteiger partial charge in [0.05, 0.1) is 23.6 Å². The van der Waals surface area contributed by atoms with Crippen LogP contribution in [0, 0.1) is 0 Å². The van der Waals surface area contributed by atoms with Crippen molar-refractivity contribution in [2.24, 2.45) is 0 Å². The Labute approximate surface area is 225 Å². The fraction of sp³-hybridized carbons (Fsp3) is 0.357. The highest BCUT2D eigenvalue weighted by molar-refractivity contribution is 7.97. The van der Waals surface area contributed by atoms with Crippen LogP contribution >= 0.6 is 0 Å². The molecule has 3 aromatic carbocycles. The first kappa shape index (κ1) is 30.2. The molecule has 5 nitrogen and oxygen atoms in total. The lowest BCUT2D eigenvalue weighted by Crippen LogP contribution is -2.21. The Bertz CT molecular complexity index is 1140. The molecule has 10 heteroatoms. The van der Waals surface area contributed by atoms with Gasteiger partial charge >= 0.3 is 5.51 Å². The van der Waals surface area contributed by atoms with Crippen LogP contribution in [0.15, 0.2) is 99.6 Å². The first-order chi connectivity index (χ1) is 18.1. The molecule has 0 spiro atoms. The van der Waals surface area contributed by atoms with Crippen LogP contribution in [0.25, 0.3) is 0 Å². The van der Waals surface area contributed by atoms with Gasteiger partial charge in [-0.2, -0.15) is 13.2 Å². The fourth-order valence-corrected chi connectivity index (χ4v) is 6.02. The lowest BCUT2D eigenvalue weighted by atomic mass is 9.98. The summed E-state index contributed by atoms with van der Waals surface area (Å²) in [5.74, 6) is 0. The molecule has 0 aromatic heterocycles. The molecule has 0 atom stereocenters. The van der Waals surface area contributed by atoms with Crippen molar-refractivity contribution in [2.75, 3.05) is 13.4 Å². The van der Waals surface area contributed by atoms with E-state index in [4.69, 9.17) is 22.4 Å². The van der Waals surface area contributed by atoms with Crippen LogP contribution in [0.2, 0.25) is 0 Å². The zero-order valence-corrected chi connectivity index (χ0v) is 22.4. The molecule has 0 heterocycles. The highest BCUT2D eigenvalue weighted by Gasteiger charge is 2.37. The molecular weight excluding hydrogens is 537 g/mol. The second kappa shape index (κ2) is 14.7. The van der Waals surface area contributed by atoms with Crippen LogP contribution < -0.4 is 0 Å². The average molecular weight is 569 g/mol. The van der Waals surface area contributed by atoms with Gasteiger partial charge in [-0.15, -0.1) is 0 Å². The number of halogens is 3. The summed E-state index contributed by atoms with van der Waals surface area (Å²) in [6.07, 6.45) is 7.65. The van der Waals surface area contributed by atoms with Crippen LogP contribution in [-0.4, -0.2) is 38.0 Å². The third kappa shape index (κ3) is 9.74. The Morgan fingerprint density at radius 1 is 0.789 bits per heavy atom. The lowest BCUT2D eigenvalue weighted by molar-refractivity contribution is -0.0975. The minimum absolute atomic E-state index is 0.0860. The first-order valence-corrected chi connectivity index (χ1v) is 14.9. The van der Waals surface area contributed by atoms with E-state index in [1.165, 1.54) is 52.4 Å². The van der Waals surface area contributed by atoms with Gasteiger partial charge in [-0.1, -0.05) is 67.8 Å². The molecule has 1 saturated carbocycles. The molecule has 38 heavy (non-hydrogen) atoms. The van der Waals surface area contributed by atoms with Gasteiger partial charge in [0.15, 0.2) is 24.8 Å². The lowest BCUT2D eigenvalue weighted by Gasteiger charge is -2.21. The summed E-state index contributed by atoms with van der Waals surface area (Å²) in [6, 6.07) is 30.6. The smallest absolute Gasteiger partial charge is 0.485 e. The topological polar surface area (TPSA) is 75.7 Å². The molecule has 0 N–H and O–H groups in total. The highest BCUT2D eigenvalue weighted by atomic mass is 32.2. The summed E-state index contributed by atoms with van der Waals surface area (Å²) in [6.45, 7) is 1.13. The molecule has 0 bridgehead atoms. The molecule has 1 fully saturated rings. The van der Waals surface area contributed by atoms with E-state index >= 15 is 0 Å². The largest absolute Gasteiger partial charge is 0.741 e. The molecule has 3 aromatic rings. The maximum atomic E-state index is 10.7. The maximum Gasteiger partial charge on any atom is 0.485 e. The first-order valence-electron chi connectivity index (χ1n) is 12.3. The molecule has 0 radical (unpaired) electrons. The van der Waals surface area contributed by atoms with Crippen LogP contribution in [-0.2, 0) is 36.9 Å². The minimum atomic E-state index is -6.09. The number of hydrogen-bond donors (Lipinski definition) is 0. The third-order valence-electron chi connectivity index (χ3n) is 5.87. The average Bonchev–Trinajstić information content (AvgIpc) is 2.91. The Balaban J connectivity index is 0.000000436. The molecule has 0 aliphatic heterocycles. The molecule has 0 amide bonds. The standard InChI is InChI=1S/C27H31O2S.CHF3O3S/c1-4-10-24(11-5-1)29-22-28-21-20-23-16-18-27(19-17-23)30(25-12-6-2-7-13-25)26-14-8-3-9-15-26;2-1(3,4)8(5,6)7/h2-3,6-9,12-19,24H,1,4-5,10-11,20-22H2;(H,5,6,7)/q+1;/p-1. The van der Waals surface area contributed by atoms with E-state index in [0.717, 1.165) is 6.42 Å². The predicted octanol–water partition coefficient (Wildman–Crippen LogP) is 6.70. The third-order valence-corrected chi connectivity index (χ3v) is 8.67. The zero-order valence-electron chi connectivity index (χ0n) is 20.8. The molecule has 206 valence electrons. The van der Waals surface area contributed by atoms with Gasteiger partial charge in [0.1, 0.15) is 6.79 Å². The second-order valence-electron chi connectivity index (χ2n) is 8.68.